The SMILES string of the molecule is CC(C)CCCNC(=O)CCC(=O)c1ccccc1. The van der Waals surface area contributed by atoms with E-state index in [0.29, 0.717) is 18.0 Å². The van der Waals surface area contributed by atoms with Crippen molar-refractivity contribution in [1.82, 2.24) is 5.32 Å². The maximum atomic E-state index is 11.8. The first-order chi connectivity index (χ1) is 9.09. The number of hydrogen-bond acceptors (Lipinski definition) is 2. The summed E-state index contributed by atoms with van der Waals surface area (Å²) >= 11 is 0. The number of hydrogen-bond donors (Lipinski definition) is 1. The number of amides is 1. The lowest BCUT2D eigenvalue weighted by molar-refractivity contribution is -0.121. The van der Waals surface area contributed by atoms with Gasteiger partial charge in [-0.15, -0.1) is 0 Å². The van der Waals surface area contributed by atoms with E-state index < -0.39 is 0 Å². The summed E-state index contributed by atoms with van der Waals surface area (Å²) in [7, 11) is 0. The molecule has 0 fully saturated rings. The van der Waals surface area contributed by atoms with E-state index in [1.54, 1.807) is 12.1 Å². The molecule has 3 nitrogen and oxygen atoms in total. The Morgan fingerprint density at radius 2 is 1.79 bits per heavy atom. The highest BCUT2D eigenvalue weighted by Gasteiger charge is 2.08. The van der Waals surface area contributed by atoms with Gasteiger partial charge in [-0.2, -0.15) is 0 Å². The van der Waals surface area contributed by atoms with Crippen molar-refractivity contribution in [3.05, 3.63) is 35.9 Å². The highest BCUT2D eigenvalue weighted by molar-refractivity contribution is 5.97. The standard InChI is InChI=1S/C16H23NO2/c1-13(2)7-6-12-17-16(19)11-10-15(18)14-8-4-3-5-9-14/h3-5,8-9,13H,6-7,10-12H2,1-2H3,(H,17,19). The molecular weight excluding hydrogens is 238 g/mol. The first kappa shape index (κ1) is 15.4. The van der Waals surface area contributed by atoms with Gasteiger partial charge in [-0.1, -0.05) is 44.2 Å². The Bertz CT molecular complexity index is 398. The van der Waals surface area contributed by atoms with Crippen LogP contribution in [0.3, 0.4) is 0 Å². The van der Waals surface area contributed by atoms with Gasteiger partial charge in [-0.25, -0.2) is 0 Å². The number of carbonyl (C=O) groups excluding carboxylic acids is 2. The summed E-state index contributed by atoms with van der Waals surface area (Å²) in [6.07, 6.45) is 2.66. The summed E-state index contributed by atoms with van der Waals surface area (Å²) in [4.78, 5) is 23.3. The normalized spacial score (nSPS) is 10.5. The molecule has 1 amide bonds. The average molecular weight is 261 g/mol. The van der Waals surface area contributed by atoms with Crippen LogP contribution in [0.4, 0.5) is 0 Å². The van der Waals surface area contributed by atoms with Gasteiger partial charge >= 0.3 is 0 Å². The van der Waals surface area contributed by atoms with Gasteiger partial charge in [0.1, 0.15) is 0 Å². The molecule has 1 N–H and O–H groups in total. The maximum absolute atomic E-state index is 11.8. The van der Waals surface area contributed by atoms with Crippen LogP contribution >= 0.6 is 0 Å². The van der Waals surface area contributed by atoms with Gasteiger partial charge in [0, 0.05) is 24.9 Å². The zero-order valence-electron chi connectivity index (χ0n) is 11.8. The molecular formula is C16H23NO2. The van der Waals surface area contributed by atoms with E-state index in [9.17, 15) is 9.59 Å². The van der Waals surface area contributed by atoms with Crippen LogP contribution in [-0.2, 0) is 4.79 Å². The fourth-order valence-corrected chi connectivity index (χ4v) is 1.82. The second kappa shape index (κ2) is 8.46. The lowest BCUT2D eigenvalue weighted by Gasteiger charge is -2.06. The first-order valence-electron chi connectivity index (χ1n) is 6.94. The topological polar surface area (TPSA) is 46.2 Å². The Morgan fingerprint density at radius 3 is 2.42 bits per heavy atom. The molecule has 0 spiro atoms. The predicted octanol–water partition coefficient (Wildman–Crippen LogP) is 3.20. The Balaban J connectivity index is 2.18. The molecule has 1 aromatic rings. The van der Waals surface area contributed by atoms with Gasteiger partial charge in [0.25, 0.3) is 0 Å². The minimum atomic E-state index is -0.0342. The lowest BCUT2D eigenvalue weighted by atomic mass is 10.1. The van der Waals surface area contributed by atoms with E-state index in [2.05, 4.69) is 19.2 Å². The second-order valence-electron chi connectivity index (χ2n) is 5.18. The van der Waals surface area contributed by atoms with Crippen LogP contribution in [0.2, 0.25) is 0 Å². The molecule has 0 saturated heterocycles. The smallest absolute Gasteiger partial charge is 0.220 e. The molecule has 19 heavy (non-hydrogen) atoms. The van der Waals surface area contributed by atoms with Crippen molar-refractivity contribution in [3.8, 4) is 0 Å². The molecule has 0 saturated carbocycles. The van der Waals surface area contributed by atoms with Crippen LogP contribution in [0.15, 0.2) is 30.3 Å². The largest absolute Gasteiger partial charge is 0.356 e. The molecule has 0 aromatic heterocycles. The quantitative estimate of drug-likeness (QED) is 0.577. The van der Waals surface area contributed by atoms with E-state index in [0.717, 1.165) is 12.8 Å². The molecule has 0 aliphatic rings. The minimum absolute atomic E-state index is 0.0259. The van der Waals surface area contributed by atoms with E-state index >= 15 is 0 Å². The third kappa shape index (κ3) is 6.75. The van der Waals surface area contributed by atoms with Gasteiger partial charge in [0.15, 0.2) is 5.78 Å². The van der Waals surface area contributed by atoms with Crippen LogP contribution in [0.25, 0.3) is 0 Å². The Hall–Kier alpha value is -1.64. The number of carbonyl (C=O) groups is 2. The van der Waals surface area contributed by atoms with Crippen LogP contribution in [-0.4, -0.2) is 18.2 Å². The highest BCUT2D eigenvalue weighted by atomic mass is 16.2. The van der Waals surface area contributed by atoms with Gasteiger partial charge in [-0.05, 0) is 18.8 Å². The number of nitrogens with one attached hydrogen (secondary N) is 1. The van der Waals surface area contributed by atoms with Crippen molar-refractivity contribution in [2.24, 2.45) is 5.92 Å². The summed E-state index contributed by atoms with van der Waals surface area (Å²) in [6, 6.07) is 9.10. The zero-order chi connectivity index (χ0) is 14.1. The number of rotatable bonds is 8. The van der Waals surface area contributed by atoms with Crippen molar-refractivity contribution in [1.29, 1.82) is 0 Å². The molecule has 3 heteroatoms. The van der Waals surface area contributed by atoms with Crippen molar-refractivity contribution in [2.75, 3.05) is 6.54 Å². The van der Waals surface area contributed by atoms with Gasteiger partial charge < -0.3 is 5.32 Å². The molecule has 0 heterocycles. The Morgan fingerprint density at radius 1 is 1.11 bits per heavy atom. The third-order valence-corrected chi connectivity index (χ3v) is 2.96. The van der Waals surface area contributed by atoms with Gasteiger partial charge in [0.05, 0.1) is 0 Å². The number of ketones is 1. The molecule has 1 rings (SSSR count). The molecule has 0 unspecified atom stereocenters. The van der Waals surface area contributed by atoms with Crippen molar-refractivity contribution in [3.63, 3.8) is 0 Å². The number of benzene rings is 1. The lowest BCUT2D eigenvalue weighted by Crippen LogP contribution is -2.25. The Labute approximate surface area is 115 Å². The second-order valence-corrected chi connectivity index (χ2v) is 5.18. The van der Waals surface area contributed by atoms with Gasteiger partial charge in [0.2, 0.25) is 5.91 Å². The van der Waals surface area contributed by atoms with Crippen LogP contribution in [0.1, 0.15) is 49.9 Å². The van der Waals surface area contributed by atoms with E-state index in [-0.39, 0.29) is 24.5 Å². The molecule has 0 radical (unpaired) electrons. The summed E-state index contributed by atoms with van der Waals surface area (Å²) in [6.45, 7) is 5.04. The first-order valence-corrected chi connectivity index (χ1v) is 6.94. The van der Waals surface area contributed by atoms with Crippen LogP contribution in [0.5, 0.6) is 0 Å². The molecule has 0 aliphatic carbocycles. The highest BCUT2D eigenvalue weighted by Crippen LogP contribution is 2.05. The summed E-state index contributed by atoms with van der Waals surface area (Å²) in [5.41, 5.74) is 0.676. The molecule has 0 aliphatic heterocycles. The van der Waals surface area contributed by atoms with E-state index in [4.69, 9.17) is 0 Å². The predicted molar refractivity (Wildman–Crippen MR) is 77.1 cm³/mol. The maximum Gasteiger partial charge on any atom is 0.220 e. The van der Waals surface area contributed by atoms with Gasteiger partial charge in [-0.3, -0.25) is 9.59 Å². The van der Waals surface area contributed by atoms with Crippen molar-refractivity contribution in [2.45, 2.75) is 39.5 Å². The summed E-state index contributed by atoms with van der Waals surface area (Å²) in [5.74, 6) is 0.655. The fourth-order valence-electron chi connectivity index (χ4n) is 1.82. The van der Waals surface area contributed by atoms with E-state index in [1.165, 1.54) is 0 Å². The molecule has 104 valence electrons. The third-order valence-electron chi connectivity index (χ3n) is 2.96. The van der Waals surface area contributed by atoms with Crippen LogP contribution in [0, 0.1) is 5.92 Å². The molecule has 0 bridgehead atoms. The zero-order valence-corrected chi connectivity index (χ0v) is 11.8. The Kier molecular flexibility index (Phi) is 6.86. The monoisotopic (exact) mass is 261 g/mol. The average Bonchev–Trinajstić information content (AvgIpc) is 2.41. The minimum Gasteiger partial charge on any atom is -0.356 e. The van der Waals surface area contributed by atoms with E-state index in [1.807, 2.05) is 18.2 Å². The molecule has 0 atom stereocenters. The molecule has 1 aromatic carbocycles. The van der Waals surface area contributed by atoms with Crippen LogP contribution < -0.4 is 5.32 Å². The fraction of sp³-hybridized carbons (Fsp3) is 0.500. The summed E-state index contributed by atoms with van der Waals surface area (Å²) in [5, 5.41) is 2.85. The van der Waals surface area contributed by atoms with Crippen molar-refractivity contribution >= 4 is 11.7 Å². The van der Waals surface area contributed by atoms with Crippen molar-refractivity contribution < 1.29 is 9.59 Å². The number of Topliss-reactive ketones (excluding diaryl/α,β-unsaturated/α-hetero) is 1. The summed E-state index contributed by atoms with van der Waals surface area (Å²) < 4.78 is 0.